The fraction of sp³-hybridized carbons (Fsp3) is 0.0714. The molecule has 1 unspecified atom stereocenters. The van der Waals surface area contributed by atoms with Crippen molar-refractivity contribution < 1.29 is 4.39 Å². The second-order valence-electron chi connectivity index (χ2n) is 3.86. The van der Waals surface area contributed by atoms with Gasteiger partial charge in [-0.25, -0.2) is 4.39 Å². The van der Waals surface area contributed by atoms with Crippen molar-refractivity contribution in [3.8, 4) is 6.07 Å². The summed E-state index contributed by atoms with van der Waals surface area (Å²) >= 11 is 11.6. The summed E-state index contributed by atoms with van der Waals surface area (Å²) in [6.07, 6.45) is 0. The number of anilines is 1. The van der Waals surface area contributed by atoms with E-state index in [2.05, 4.69) is 11.4 Å². The first-order valence-corrected chi connectivity index (χ1v) is 6.23. The van der Waals surface area contributed by atoms with Gasteiger partial charge in [-0.3, -0.25) is 0 Å². The molecule has 2 aromatic rings. The molecule has 1 atom stereocenters. The fourth-order valence-corrected chi connectivity index (χ4v) is 1.92. The van der Waals surface area contributed by atoms with E-state index in [-0.39, 0.29) is 5.02 Å². The topological polar surface area (TPSA) is 35.8 Å². The number of hydrogen-bond donors (Lipinski definition) is 1. The second-order valence-corrected chi connectivity index (χ2v) is 4.67. The molecule has 0 radical (unpaired) electrons. The van der Waals surface area contributed by atoms with Gasteiger partial charge in [0.1, 0.15) is 11.9 Å². The Hall–Kier alpha value is -1.76. The van der Waals surface area contributed by atoms with Crippen LogP contribution in [0.4, 0.5) is 10.1 Å². The van der Waals surface area contributed by atoms with Crippen LogP contribution in [0.3, 0.4) is 0 Å². The van der Waals surface area contributed by atoms with Gasteiger partial charge < -0.3 is 5.32 Å². The number of nitrogens with one attached hydrogen (secondary N) is 1. The maximum absolute atomic E-state index is 13.4. The van der Waals surface area contributed by atoms with Crippen molar-refractivity contribution >= 4 is 28.9 Å². The monoisotopic (exact) mass is 294 g/mol. The number of halogens is 3. The summed E-state index contributed by atoms with van der Waals surface area (Å²) in [6.45, 7) is 0. The third-order valence-corrected chi connectivity index (χ3v) is 3.22. The zero-order chi connectivity index (χ0) is 13.8. The molecule has 0 bridgehead atoms. The standard InChI is InChI=1S/C14H9Cl2FN2/c15-10-6-5-9(7-12(10)17)14(8-18)19-13-4-2-1-3-11(13)16/h1-7,14,19H. The SMILES string of the molecule is N#CC(Nc1ccccc1Cl)c1ccc(Cl)c(F)c1. The van der Waals surface area contributed by atoms with Crippen molar-refractivity contribution in [3.63, 3.8) is 0 Å². The Morgan fingerprint density at radius 1 is 1.11 bits per heavy atom. The first-order chi connectivity index (χ1) is 9.11. The number of benzene rings is 2. The average Bonchev–Trinajstić information content (AvgIpc) is 2.41. The van der Waals surface area contributed by atoms with Crippen LogP contribution in [-0.4, -0.2) is 0 Å². The molecule has 0 saturated carbocycles. The van der Waals surface area contributed by atoms with Crippen LogP contribution >= 0.6 is 23.2 Å². The minimum absolute atomic E-state index is 0.0261. The van der Waals surface area contributed by atoms with Crippen molar-refractivity contribution in [1.82, 2.24) is 0 Å². The van der Waals surface area contributed by atoms with Crippen molar-refractivity contribution in [2.24, 2.45) is 0 Å². The quantitative estimate of drug-likeness (QED) is 0.882. The van der Waals surface area contributed by atoms with E-state index in [0.717, 1.165) is 0 Å². The predicted molar refractivity (Wildman–Crippen MR) is 74.8 cm³/mol. The molecule has 0 aromatic heterocycles. The summed E-state index contributed by atoms with van der Waals surface area (Å²) in [4.78, 5) is 0. The maximum Gasteiger partial charge on any atom is 0.142 e. The number of para-hydroxylation sites is 1. The highest BCUT2D eigenvalue weighted by atomic mass is 35.5. The molecule has 2 aromatic carbocycles. The summed E-state index contributed by atoms with van der Waals surface area (Å²) in [7, 11) is 0. The summed E-state index contributed by atoms with van der Waals surface area (Å²) in [5.74, 6) is -0.555. The molecule has 0 aliphatic heterocycles. The Kier molecular flexibility index (Phi) is 4.26. The lowest BCUT2D eigenvalue weighted by atomic mass is 10.1. The summed E-state index contributed by atoms with van der Waals surface area (Å²) in [6, 6.07) is 12.7. The third-order valence-electron chi connectivity index (χ3n) is 2.58. The second kappa shape index (κ2) is 5.92. The molecule has 0 aliphatic rings. The van der Waals surface area contributed by atoms with E-state index in [4.69, 9.17) is 23.2 Å². The highest BCUT2D eigenvalue weighted by Gasteiger charge is 2.13. The number of rotatable bonds is 3. The summed E-state index contributed by atoms with van der Waals surface area (Å²) in [5.41, 5.74) is 1.11. The van der Waals surface area contributed by atoms with Gasteiger partial charge >= 0.3 is 0 Å². The smallest absolute Gasteiger partial charge is 0.142 e. The molecule has 0 fully saturated rings. The van der Waals surface area contributed by atoms with E-state index in [1.807, 2.05) is 0 Å². The average molecular weight is 295 g/mol. The van der Waals surface area contributed by atoms with Gasteiger partial charge in [-0.2, -0.15) is 5.26 Å². The number of hydrogen-bond acceptors (Lipinski definition) is 2. The Morgan fingerprint density at radius 3 is 2.47 bits per heavy atom. The molecule has 0 saturated heterocycles. The minimum atomic E-state index is -0.702. The van der Waals surface area contributed by atoms with Gasteiger partial charge in [-0.05, 0) is 29.8 Å². The molecule has 0 aliphatic carbocycles. The lowest BCUT2D eigenvalue weighted by molar-refractivity contribution is 0.625. The van der Waals surface area contributed by atoms with Gasteiger partial charge in [0.2, 0.25) is 0 Å². The van der Waals surface area contributed by atoms with Crippen LogP contribution in [0.15, 0.2) is 42.5 Å². The van der Waals surface area contributed by atoms with E-state index in [1.54, 1.807) is 30.3 Å². The van der Waals surface area contributed by atoms with E-state index in [1.165, 1.54) is 12.1 Å². The molecule has 5 heteroatoms. The van der Waals surface area contributed by atoms with E-state index in [9.17, 15) is 9.65 Å². The lowest BCUT2D eigenvalue weighted by Crippen LogP contribution is -2.09. The molecule has 2 nitrogen and oxygen atoms in total. The lowest BCUT2D eigenvalue weighted by Gasteiger charge is -2.14. The minimum Gasteiger partial charge on any atom is -0.365 e. The molecule has 0 spiro atoms. The van der Waals surface area contributed by atoms with E-state index >= 15 is 0 Å². The van der Waals surface area contributed by atoms with Gasteiger partial charge in [-0.1, -0.05) is 41.4 Å². The largest absolute Gasteiger partial charge is 0.365 e. The zero-order valence-electron chi connectivity index (χ0n) is 9.70. The maximum atomic E-state index is 13.4. The zero-order valence-corrected chi connectivity index (χ0v) is 11.2. The fourth-order valence-electron chi connectivity index (χ4n) is 1.62. The molecule has 0 heterocycles. The predicted octanol–water partition coefficient (Wildman–Crippen LogP) is 4.81. The van der Waals surface area contributed by atoms with Crippen LogP contribution < -0.4 is 5.32 Å². The first-order valence-electron chi connectivity index (χ1n) is 5.47. The summed E-state index contributed by atoms with van der Waals surface area (Å²) in [5, 5.41) is 12.7. The molecule has 96 valence electrons. The summed E-state index contributed by atoms with van der Waals surface area (Å²) < 4.78 is 13.4. The van der Waals surface area contributed by atoms with Crippen LogP contribution in [0.1, 0.15) is 11.6 Å². The third kappa shape index (κ3) is 3.17. The van der Waals surface area contributed by atoms with Crippen LogP contribution in [0, 0.1) is 17.1 Å². The van der Waals surface area contributed by atoms with Gasteiger partial charge in [-0.15, -0.1) is 0 Å². The van der Waals surface area contributed by atoms with Gasteiger partial charge in [0.05, 0.1) is 21.8 Å². The normalized spacial score (nSPS) is 11.7. The number of nitrogens with zero attached hydrogens (tertiary/aromatic N) is 1. The number of nitriles is 1. The molecule has 2 rings (SSSR count). The Morgan fingerprint density at radius 2 is 1.84 bits per heavy atom. The van der Waals surface area contributed by atoms with Gasteiger partial charge in [0, 0.05) is 0 Å². The van der Waals surface area contributed by atoms with Crippen LogP contribution in [0.2, 0.25) is 10.0 Å². The Bertz CT molecular complexity index is 638. The van der Waals surface area contributed by atoms with Crippen molar-refractivity contribution in [3.05, 3.63) is 63.9 Å². The van der Waals surface area contributed by atoms with Crippen LogP contribution in [0.25, 0.3) is 0 Å². The molecule has 19 heavy (non-hydrogen) atoms. The first kappa shape index (κ1) is 13.7. The van der Waals surface area contributed by atoms with Crippen LogP contribution in [0.5, 0.6) is 0 Å². The molecule has 1 N–H and O–H groups in total. The Balaban J connectivity index is 2.28. The molecule has 0 amide bonds. The highest BCUT2D eigenvalue weighted by molar-refractivity contribution is 6.33. The van der Waals surface area contributed by atoms with E-state index < -0.39 is 11.9 Å². The van der Waals surface area contributed by atoms with Gasteiger partial charge in [0.15, 0.2) is 0 Å². The van der Waals surface area contributed by atoms with Crippen LogP contribution in [-0.2, 0) is 0 Å². The molecular formula is C14H9Cl2FN2. The van der Waals surface area contributed by atoms with Crippen molar-refractivity contribution in [2.45, 2.75) is 6.04 Å². The highest BCUT2D eigenvalue weighted by Crippen LogP contribution is 2.27. The van der Waals surface area contributed by atoms with Crippen molar-refractivity contribution in [2.75, 3.05) is 5.32 Å². The van der Waals surface area contributed by atoms with E-state index in [0.29, 0.717) is 16.3 Å². The van der Waals surface area contributed by atoms with Crippen molar-refractivity contribution in [1.29, 1.82) is 5.26 Å². The molecular weight excluding hydrogens is 286 g/mol. The van der Waals surface area contributed by atoms with Gasteiger partial charge in [0.25, 0.3) is 0 Å². The Labute approximate surface area is 120 Å².